The summed E-state index contributed by atoms with van der Waals surface area (Å²) in [4.78, 5) is 30.2. The van der Waals surface area contributed by atoms with Gasteiger partial charge in [0.15, 0.2) is 0 Å². The lowest BCUT2D eigenvalue weighted by molar-refractivity contribution is -0.122. The molecule has 0 unspecified atom stereocenters. The molecule has 19 heavy (non-hydrogen) atoms. The number of nitrogens with one attached hydrogen (secondary N) is 2. The first kappa shape index (κ1) is 14.1. The van der Waals surface area contributed by atoms with Gasteiger partial charge in [-0.05, 0) is 22.0 Å². The van der Waals surface area contributed by atoms with Crippen LogP contribution >= 0.6 is 15.9 Å². The van der Waals surface area contributed by atoms with Gasteiger partial charge < -0.3 is 15.2 Å². The number of likely N-dealkylation sites (N-methyl/N-ethyl adjacent to an activating group) is 1. The fourth-order valence-electron chi connectivity index (χ4n) is 2.05. The minimum atomic E-state index is 0.00490. The van der Waals surface area contributed by atoms with E-state index in [0.29, 0.717) is 25.3 Å². The van der Waals surface area contributed by atoms with E-state index in [1.54, 1.807) is 24.2 Å². The van der Waals surface area contributed by atoms with Gasteiger partial charge in [0.25, 0.3) is 5.91 Å². The van der Waals surface area contributed by atoms with Gasteiger partial charge in [0.1, 0.15) is 5.69 Å². The lowest BCUT2D eigenvalue weighted by Crippen LogP contribution is -2.50. The molecule has 1 aliphatic rings. The molecule has 6 nitrogen and oxygen atoms in total. The standard InChI is InChI=1S/C12H17BrN4O2/c1-14-11(18)8-16-2-4-17(5-3-16)12(19)10-6-9(13)7-15-10/h6-7,15H,2-5,8H2,1H3,(H,14,18). The van der Waals surface area contributed by atoms with Crippen molar-refractivity contribution in [3.8, 4) is 0 Å². The van der Waals surface area contributed by atoms with Crippen molar-refractivity contribution in [1.29, 1.82) is 0 Å². The molecule has 1 saturated heterocycles. The number of carbonyl (C=O) groups is 2. The highest BCUT2D eigenvalue weighted by Gasteiger charge is 2.23. The van der Waals surface area contributed by atoms with Crippen LogP contribution in [-0.4, -0.2) is 66.4 Å². The molecule has 0 bridgehead atoms. The maximum Gasteiger partial charge on any atom is 0.270 e. The SMILES string of the molecule is CNC(=O)CN1CCN(C(=O)c2cc(Br)c[nH]2)CC1. The summed E-state index contributed by atoms with van der Waals surface area (Å²) < 4.78 is 0.870. The van der Waals surface area contributed by atoms with E-state index >= 15 is 0 Å². The van der Waals surface area contributed by atoms with Crippen LogP contribution in [0.2, 0.25) is 0 Å². The smallest absolute Gasteiger partial charge is 0.270 e. The topological polar surface area (TPSA) is 68.4 Å². The van der Waals surface area contributed by atoms with Crippen LogP contribution in [-0.2, 0) is 4.79 Å². The number of piperazine rings is 1. The molecule has 0 saturated carbocycles. The van der Waals surface area contributed by atoms with Gasteiger partial charge in [0, 0.05) is 43.9 Å². The zero-order valence-electron chi connectivity index (χ0n) is 10.8. The summed E-state index contributed by atoms with van der Waals surface area (Å²) in [5, 5.41) is 2.60. The van der Waals surface area contributed by atoms with Crippen LogP contribution in [0.15, 0.2) is 16.7 Å². The number of aromatic nitrogens is 1. The monoisotopic (exact) mass is 328 g/mol. The summed E-state index contributed by atoms with van der Waals surface area (Å²) >= 11 is 3.31. The number of halogens is 1. The Bertz CT molecular complexity index is 466. The maximum atomic E-state index is 12.2. The van der Waals surface area contributed by atoms with Crippen molar-refractivity contribution in [3.63, 3.8) is 0 Å². The predicted octanol–water partition coefficient (Wildman–Crippen LogP) is 0.281. The van der Waals surface area contributed by atoms with Gasteiger partial charge >= 0.3 is 0 Å². The van der Waals surface area contributed by atoms with Crippen LogP contribution in [0.5, 0.6) is 0 Å². The molecule has 0 aliphatic carbocycles. The Kier molecular flexibility index (Phi) is 4.60. The molecule has 1 aliphatic heterocycles. The third-order valence-electron chi connectivity index (χ3n) is 3.18. The van der Waals surface area contributed by atoms with Gasteiger partial charge in [-0.1, -0.05) is 0 Å². The average Bonchev–Trinajstić information content (AvgIpc) is 2.85. The zero-order chi connectivity index (χ0) is 13.8. The summed E-state index contributed by atoms with van der Waals surface area (Å²) in [5.41, 5.74) is 0.589. The van der Waals surface area contributed by atoms with Gasteiger partial charge in [-0.2, -0.15) is 0 Å². The largest absolute Gasteiger partial charge is 0.358 e. The number of nitrogens with zero attached hydrogens (tertiary/aromatic N) is 2. The van der Waals surface area contributed by atoms with E-state index in [-0.39, 0.29) is 11.8 Å². The summed E-state index contributed by atoms with van der Waals surface area (Å²) in [6, 6.07) is 1.78. The van der Waals surface area contributed by atoms with E-state index < -0.39 is 0 Å². The second-order valence-electron chi connectivity index (χ2n) is 4.47. The molecule has 0 atom stereocenters. The molecule has 2 N–H and O–H groups in total. The third kappa shape index (κ3) is 3.57. The highest BCUT2D eigenvalue weighted by molar-refractivity contribution is 9.10. The third-order valence-corrected chi connectivity index (χ3v) is 3.64. The lowest BCUT2D eigenvalue weighted by atomic mass is 10.2. The fraction of sp³-hybridized carbons (Fsp3) is 0.500. The number of hydrogen-bond donors (Lipinski definition) is 2. The highest BCUT2D eigenvalue weighted by atomic mass is 79.9. The molecule has 7 heteroatoms. The number of aromatic amines is 1. The molecule has 1 aromatic rings. The molecule has 104 valence electrons. The van der Waals surface area contributed by atoms with E-state index in [0.717, 1.165) is 17.6 Å². The van der Waals surface area contributed by atoms with Crippen molar-refractivity contribution in [2.45, 2.75) is 0 Å². The average molecular weight is 329 g/mol. The molecule has 2 rings (SSSR count). The van der Waals surface area contributed by atoms with Crippen molar-refractivity contribution in [1.82, 2.24) is 20.1 Å². The molecule has 2 amide bonds. The number of amides is 2. The van der Waals surface area contributed by atoms with Crippen LogP contribution in [0, 0.1) is 0 Å². The first-order chi connectivity index (χ1) is 9.10. The Hall–Kier alpha value is -1.34. The molecular formula is C12H17BrN4O2. The minimum absolute atomic E-state index is 0.00490. The maximum absolute atomic E-state index is 12.2. The lowest BCUT2D eigenvalue weighted by Gasteiger charge is -2.34. The van der Waals surface area contributed by atoms with Gasteiger partial charge in [-0.15, -0.1) is 0 Å². The van der Waals surface area contributed by atoms with Crippen LogP contribution in [0.25, 0.3) is 0 Å². The zero-order valence-corrected chi connectivity index (χ0v) is 12.4. The summed E-state index contributed by atoms with van der Waals surface area (Å²) in [6.45, 7) is 3.13. The molecular weight excluding hydrogens is 312 g/mol. The highest BCUT2D eigenvalue weighted by Crippen LogP contribution is 2.13. The first-order valence-corrected chi connectivity index (χ1v) is 6.95. The van der Waals surface area contributed by atoms with Crippen LogP contribution < -0.4 is 5.32 Å². The number of carbonyl (C=O) groups excluding carboxylic acids is 2. The predicted molar refractivity (Wildman–Crippen MR) is 74.9 cm³/mol. The quantitative estimate of drug-likeness (QED) is 0.837. The van der Waals surface area contributed by atoms with Crippen molar-refractivity contribution in [3.05, 3.63) is 22.4 Å². The Labute approximate surface area is 120 Å². The molecule has 1 aromatic heterocycles. The normalized spacial score (nSPS) is 16.4. The van der Waals surface area contributed by atoms with E-state index in [2.05, 4.69) is 26.2 Å². The number of rotatable bonds is 3. The first-order valence-electron chi connectivity index (χ1n) is 6.16. The Balaban J connectivity index is 1.86. The van der Waals surface area contributed by atoms with Crippen LogP contribution in [0.3, 0.4) is 0 Å². The molecule has 2 heterocycles. The number of hydrogen-bond acceptors (Lipinski definition) is 3. The molecule has 0 radical (unpaired) electrons. The van der Waals surface area contributed by atoms with E-state index in [1.807, 2.05) is 4.90 Å². The van der Waals surface area contributed by atoms with Crippen LogP contribution in [0.4, 0.5) is 0 Å². The van der Waals surface area contributed by atoms with Crippen molar-refractivity contribution < 1.29 is 9.59 Å². The van der Waals surface area contributed by atoms with Crippen molar-refractivity contribution in [2.75, 3.05) is 39.8 Å². The Morgan fingerprint density at radius 2 is 2.05 bits per heavy atom. The van der Waals surface area contributed by atoms with E-state index in [9.17, 15) is 9.59 Å². The molecule has 0 spiro atoms. The Morgan fingerprint density at radius 1 is 1.37 bits per heavy atom. The van der Waals surface area contributed by atoms with Crippen LogP contribution in [0.1, 0.15) is 10.5 Å². The minimum Gasteiger partial charge on any atom is -0.358 e. The van der Waals surface area contributed by atoms with Gasteiger partial charge in [0.2, 0.25) is 5.91 Å². The van der Waals surface area contributed by atoms with E-state index in [4.69, 9.17) is 0 Å². The Morgan fingerprint density at radius 3 is 2.58 bits per heavy atom. The molecule has 0 aromatic carbocycles. The summed E-state index contributed by atoms with van der Waals surface area (Å²) in [7, 11) is 1.63. The van der Waals surface area contributed by atoms with E-state index in [1.165, 1.54) is 0 Å². The second-order valence-corrected chi connectivity index (χ2v) is 5.39. The summed E-state index contributed by atoms with van der Waals surface area (Å²) in [5.74, 6) is 0.0124. The molecule has 1 fully saturated rings. The van der Waals surface area contributed by atoms with Crippen molar-refractivity contribution in [2.24, 2.45) is 0 Å². The fourth-order valence-corrected chi connectivity index (χ4v) is 2.40. The van der Waals surface area contributed by atoms with Gasteiger partial charge in [0.05, 0.1) is 6.54 Å². The van der Waals surface area contributed by atoms with Gasteiger partial charge in [-0.25, -0.2) is 0 Å². The second kappa shape index (κ2) is 6.21. The number of H-pyrrole nitrogens is 1. The van der Waals surface area contributed by atoms with Crippen molar-refractivity contribution >= 4 is 27.7 Å². The van der Waals surface area contributed by atoms with Gasteiger partial charge in [-0.3, -0.25) is 14.5 Å². The summed E-state index contributed by atoms with van der Waals surface area (Å²) in [6.07, 6.45) is 1.75.